The number of hydrogen-bond acceptors (Lipinski definition) is 5. The topological polar surface area (TPSA) is 85.8 Å². The normalized spacial score (nSPS) is 16.0. The van der Waals surface area contributed by atoms with Crippen molar-refractivity contribution in [3.63, 3.8) is 0 Å². The molecular formula is C15H19N5OS. The largest absolute Gasteiger partial charge is 0.368 e. The van der Waals surface area contributed by atoms with E-state index in [1.165, 1.54) is 17.3 Å². The Morgan fingerprint density at radius 1 is 1.36 bits per heavy atom. The monoisotopic (exact) mass is 317 g/mol. The molecule has 0 atom stereocenters. The molecule has 0 bridgehead atoms. The van der Waals surface area contributed by atoms with Crippen LogP contribution in [0.25, 0.3) is 0 Å². The fourth-order valence-corrected chi connectivity index (χ4v) is 3.38. The average Bonchev–Trinajstić information content (AvgIpc) is 2.81. The zero-order chi connectivity index (χ0) is 15.6. The predicted octanol–water partition coefficient (Wildman–Crippen LogP) is 1.68. The van der Waals surface area contributed by atoms with E-state index in [1.807, 2.05) is 18.2 Å². The van der Waals surface area contributed by atoms with Crippen LogP contribution in [0.3, 0.4) is 0 Å². The van der Waals surface area contributed by atoms with Crippen molar-refractivity contribution in [3.05, 3.63) is 35.9 Å². The van der Waals surface area contributed by atoms with Crippen molar-refractivity contribution in [2.75, 3.05) is 11.5 Å². The lowest BCUT2D eigenvalue weighted by Gasteiger charge is -2.43. The number of benzene rings is 1. The molecular weight excluding hydrogens is 298 g/mol. The number of carbonyl (C=O) groups excluding carboxylic acids is 1. The highest BCUT2D eigenvalue weighted by molar-refractivity contribution is 7.99. The van der Waals surface area contributed by atoms with Crippen LogP contribution in [0.15, 0.2) is 35.5 Å². The quantitative estimate of drug-likeness (QED) is 0.820. The number of nitrogens with one attached hydrogen (secondary N) is 1. The van der Waals surface area contributed by atoms with Crippen molar-refractivity contribution < 1.29 is 4.79 Å². The summed E-state index contributed by atoms with van der Waals surface area (Å²) >= 11 is 1.34. The third-order valence-corrected chi connectivity index (χ3v) is 5.13. The molecule has 0 unspecified atom stereocenters. The van der Waals surface area contributed by atoms with E-state index < -0.39 is 0 Å². The smallest absolute Gasteiger partial charge is 0.231 e. The van der Waals surface area contributed by atoms with Crippen LogP contribution in [0.4, 0.5) is 5.95 Å². The van der Waals surface area contributed by atoms with Crippen LogP contribution in [-0.4, -0.2) is 26.4 Å². The molecule has 1 aliphatic rings. The van der Waals surface area contributed by atoms with E-state index in [4.69, 9.17) is 5.73 Å². The van der Waals surface area contributed by atoms with Gasteiger partial charge in [0.2, 0.25) is 11.9 Å². The zero-order valence-electron chi connectivity index (χ0n) is 12.5. The molecule has 1 aromatic carbocycles. The molecule has 3 rings (SSSR count). The van der Waals surface area contributed by atoms with Gasteiger partial charge in [0.25, 0.3) is 0 Å². The summed E-state index contributed by atoms with van der Waals surface area (Å²) < 4.78 is 1.67. The van der Waals surface area contributed by atoms with E-state index >= 15 is 0 Å². The van der Waals surface area contributed by atoms with Crippen molar-refractivity contribution in [3.8, 4) is 0 Å². The summed E-state index contributed by atoms with van der Waals surface area (Å²) in [4.78, 5) is 12.3. The highest BCUT2D eigenvalue weighted by Gasteiger charge is 2.39. The van der Waals surface area contributed by atoms with Gasteiger partial charge in [-0.15, -0.1) is 10.2 Å². The Morgan fingerprint density at radius 3 is 2.64 bits per heavy atom. The van der Waals surface area contributed by atoms with E-state index in [0.29, 0.717) is 16.9 Å². The van der Waals surface area contributed by atoms with Gasteiger partial charge in [-0.05, 0) is 24.8 Å². The van der Waals surface area contributed by atoms with Crippen LogP contribution in [0.5, 0.6) is 0 Å². The first-order valence-electron chi connectivity index (χ1n) is 7.25. The third kappa shape index (κ3) is 2.81. The van der Waals surface area contributed by atoms with Gasteiger partial charge in [-0.3, -0.25) is 9.36 Å². The van der Waals surface area contributed by atoms with Crippen molar-refractivity contribution in [2.45, 2.75) is 30.0 Å². The minimum Gasteiger partial charge on any atom is -0.368 e. The maximum absolute atomic E-state index is 12.3. The van der Waals surface area contributed by atoms with Crippen LogP contribution in [0.1, 0.15) is 24.8 Å². The van der Waals surface area contributed by atoms with Crippen molar-refractivity contribution >= 4 is 23.6 Å². The van der Waals surface area contributed by atoms with Crippen molar-refractivity contribution in [2.24, 2.45) is 7.05 Å². The molecule has 1 saturated carbocycles. The van der Waals surface area contributed by atoms with Gasteiger partial charge in [0.15, 0.2) is 5.16 Å². The van der Waals surface area contributed by atoms with Crippen LogP contribution in [0.2, 0.25) is 0 Å². The predicted molar refractivity (Wildman–Crippen MR) is 86.3 cm³/mol. The first kappa shape index (κ1) is 14.9. The van der Waals surface area contributed by atoms with Gasteiger partial charge in [-0.25, -0.2) is 0 Å². The number of rotatable bonds is 5. The molecule has 0 spiro atoms. The Hall–Kier alpha value is -2.02. The first-order valence-corrected chi connectivity index (χ1v) is 8.23. The second-order valence-corrected chi connectivity index (χ2v) is 6.48. The number of nitrogens with zero attached hydrogens (tertiary/aromatic N) is 3. The Labute approximate surface area is 133 Å². The second-order valence-electron chi connectivity index (χ2n) is 5.54. The molecule has 1 fully saturated rings. The standard InChI is InChI=1S/C15H19N5OS/c1-20-13(16)18-19-14(20)22-10-12(21)17-15(8-5-9-15)11-6-3-2-4-7-11/h2-4,6-7H,5,8-10H2,1H3,(H2,16,18)(H,17,21). The lowest BCUT2D eigenvalue weighted by molar-refractivity contribution is -0.121. The lowest BCUT2D eigenvalue weighted by Crippen LogP contribution is -2.51. The Kier molecular flexibility index (Phi) is 4.06. The van der Waals surface area contributed by atoms with Gasteiger partial charge in [-0.1, -0.05) is 42.1 Å². The molecule has 0 radical (unpaired) electrons. The third-order valence-electron chi connectivity index (χ3n) is 4.11. The fourth-order valence-electron chi connectivity index (χ4n) is 2.66. The fraction of sp³-hybridized carbons (Fsp3) is 0.400. The maximum Gasteiger partial charge on any atom is 0.231 e. The number of nitrogens with two attached hydrogens (primary N) is 1. The number of amides is 1. The minimum absolute atomic E-state index is 0.00937. The SMILES string of the molecule is Cn1c(N)nnc1SCC(=O)NC1(c2ccccc2)CCC1. The first-order chi connectivity index (χ1) is 10.6. The zero-order valence-corrected chi connectivity index (χ0v) is 13.3. The molecule has 1 aromatic heterocycles. The molecule has 6 nitrogen and oxygen atoms in total. The number of thioether (sulfide) groups is 1. The van der Waals surface area contributed by atoms with Crippen molar-refractivity contribution in [1.82, 2.24) is 20.1 Å². The van der Waals surface area contributed by atoms with Gasteiger partial charge >= 0.3 is 0 Å². The molecule has 1 heterocycles. The maximum atomic E-state index is 12.3. The molecule has 1 amide bonds. The van der Waals surface area contributed by atoms with Crippen LogP contribution >= 0.6 is 11.8 Å². The lowest BCUT2D eigenvalue weighted by atomic mass is 9.72. The van der Waals surface area contributed by atoms with E-state index in [-0.39, 0.29) is 11.4 Å². The molecule has 22 heavy (non-hydrogen) atoms. The summed E-state index contributed by atoms with van der Waals surface area (Å²) in [7, 11) is 1.78. The summed E-state index contributed by atoms with van der Waals surface area (Å²) in [6.07, 6.45) is 3.12. The van der Waals surface area contributed by atoms with E-state index in [2.05, 4.69) is 27.6 Å². The molecule has 1 aliphatic carbocycles. The van der Waals surface area contributed by atoms with Gasteiger partial charge in [0.1, 0.15) is 0 Å². The Bertz CT molecular complexity index is 666. The van der Waals surface area contributed by atoms with Crippen LogP contribution in [-0.2, 0) is 17.4 Å². The summed E-state index contributed by atoms with van der Waals surface area (Å²) in [5.74, 6) is 0.665. The van der Waals surface area contributed by atoms with E-state index in [9.17, 15) is 4.79 Å². The molecule has 116 valence electrons. The molecule has 0 aliphatic heterocycles. The molecule has 0 saturated heterocycles. The molecule has 7 heteroatoms. The average molecular weight is 317 g/mol. The highest BCUT2D eigenvalue weighted by Crippen LogP contribution is 2.41. The van der Waals surface area contributed by atoms with Gasteiger partial charge in [0.05, 0.1) is 11.3 Å². The number of hydrogen-bond donors (Lipinski definition) is 2. The second kappa shape index (κ2) is 6.00. The minimum atomic E-state index is -0.197. The van der Waals surface area contributed by atoms with E-state index in [1.54, 1.807) is 11.6 Å². The summed E-state index contributed by atoms with van der Waals surface area (Å²) in [5.41, 5.74) is 6.62. The van der Waals surface area contributed by atoms with Crippen LogP contribution in [0, 0.1) is 0 Å². The van der Waals surface area contributed by atoms with Crippen molar-refractivity contribution in [1.29, 1.82) is 0 Å². The van der Waals surface area contributed by atoms with E-state index in [0.717, 1.165) is 19.3 Å². The Morgan fingerprint density at radius 2 is 2.09 bits per heavy atom. The van der Waals surface area contributed by atoms with Gasteiger partial charge < -0.3 is 11.1 Å². The molecule has 2 aromatic rings. The highest BCUT2D eigenvalue weighted by atomic mass is 32.2. The summed E-state index contributed by atoms with van der Waals surface area (Å²) in [5, 5.41) is 11.6. The summed E-state index contributed by atoms with van der Waals surface area (Å²) in [6, 6.07) is 10.2. The number of anilines is 1. The number of nitrogen functional groups attached to an aromatic ring is 1. The Balaban J connectivity index is 1.62. The molecule has 3 N–H and O–H groups in total. The van der Waals surface area contributed by atoms with Gasteiger partial charge in [-0.2, -0.15) is 0 Å². The van der Waals surface area contributed by atoms with Crippen LogP contribution < -0.4 is 11.1 Å². The summed E-state index contributed by atoms with van der Waals surface area (Å²) in [6.45, 7) is 0. The number of aromatic nitrogens is 3. The number of carbonyl (C=O) groups is 1. The van der Waals surface area contributed by atoms with Gasteiger partial charge in [0, 0.05) is 7.05 Å².